The van der Waals surface area contributed by atoms with E-state index in [2.05, 4.69) is 4.74 Å². The highest BCUT2D eigenvalue weighted by molar-refractivity contribution is 5.90. The zero-order valence-electron chi connectivity index (χ0n) is 11.1. The van der Waals surface area contributed by atoms with Crippen molar-refractivity contribution in [2.45, 2.75) is 0 Å². The van der Waals surface area contributed by atoms with Gasteiger partial charge < -0.3 is 15.2 Å². The number of carbonyl (C=O) groups excluding carboxylic acids is 1. The Balaban J connectivity index is 2.33. The molecule has 0 aliphatic heterocycles. The number of hydrogen-bond acceptors (Lipinski definition) is 5. The van der Waals surface area contributed by atoms with Gasteiger partial charge in [0.15, 0.2) is 5.75 Å². The number of rotatable bonds is 3. The molecule has 0 atom stereocenters. The Hall–Kier alpha value is -3.07. The second kappa shape index (κ2) is 5.92. The highest BCUT2D eigenvalue weighted by atomic mass is 19.1. The van der Waals surface area contributed by atoms with Gasteiger partial charge in [0.2, 0.25) is 0 Å². The minimum absolute atomic E-state index is 0.0846. The van der Waals surface area contributed by atoms with Gasteiger partial charge in [0.05, 0.1) is 23.9 Å². The molecule has 0 unspecified atom stereocenters. The van der Waals surface area contributed by atoms with Gasteiger partial charge in [0, 0.05) is 6.07 Å². The predicted molar refractivity (Wildman–Crippen MR) is 73.4 cm³/mol. The van der Waals surface area contributed by atoms with Crippen LogP contribution in [-0.4, -0.2) is 13.1 Å². The van der Waals surface area contributed by atoms with E-state index in [0.29, 0.717) is 0 Å². The van der Waals surface area contributed by atoms with E-state index in [9.17, 15) is 9.18 Å². The van der Waals surface area contributed by atoms with Gasteiger partial charge >= 0.3 is 5.97 Å². The summed E-state index contributed by atoms with van der Waals surface area (Å²) >= 11 is 0. The molecule has 0 radical (unpaired) electrons. The fourth-order valence-electron chi connectivity index (χ4n) is 1.64. The van der Waals surface area contributed by atoms with Gasteiger partial charge in [-0.3, -0.25) is 0 Å². The zero-order chi connectivity index (χ0) is 15.4. The van der Waals surface area contributed by atoms with E-state index >= 15 is 0 Å². The van der Waals surface area contributed by atoms with E-state index < -0.39 is 11.8 Å². The third kappa shape index (κ3) is 3.09. The van der Waals surface area contributed by atoms with Crippen LogP contribution in [0.15, 0.2) is 36.4 Å². The van der Waals surface area contributed by atoms with Crippen LogP contribution in [0.5, 0.6) is 11.5 Å². The summed E-state index contributed by atoms with van der Waals surface area (Å²) in [5.74, 6) is -0.870. The van der Waals surface area contributed by atoms with Gasteiger partial charge in [0.1, 0.15) is 17.6 Å². The molecule has 0 saturated heterocycles. The molecule has 0 amide bonds. The second-order valence-corrected chi connectivity index (χ2v) is 4.10. The highest BCUT2D eigenvalue weighted by Crippen LogP contribution is 2.29. The van der Waals surface area contributed by atoms with E-state index in [1.54, 1.807) is 6.07 Å². The van der Waals surface area contributed by atoms with Crippen LogP contribution >= 0.6 is 0 Å². The summed E-state index contributed by atoms with van der Waals surface area (Å²) in [5.41, 5.74) is 6.21. The van der Waals surface area contributed by atoms with E-state index in [-0.39, 0.29) is 28.3 Å². The molecule has 2 aromatic rings. The largest absolute Gasteiger partial charge is 0.465 e. The van der Waals surface area contributed by atoms with Crippen molar-refractivity contribution in [2.24, 2.45) is 0 Å². The van der Waals surface area contributed by atoms with Crippen molar-refractivity contribution < 1.29 is 18.7 Å². The third-order valence-electron chi connectivity index (χ3n) is 2.72. The molecular formula is C15H11FN2O3. The van der Waals surface area contributed by atoms with Crippen LogP contribution in [0.25, 0.3) is 0 Å². The highest BCUT2D eigenvalue weighted by Gasteiger charge is 2.11. The van der Waals surface area contributed by atoms with Crippen LogP contribution in [0.2, 0.25) is 0 Å². The van der Waals surface area contributed by atoms with Crippen molar-refractivity contribution in [2.75, 3.05) is 12.8 Å². The average molecular weight is 286 g/mol. The van der Waals surface area contributed by atoms with Crippen LogP contribution in [-0.2, 0) is 4.74 Å². The number of carbonyl (C=O) groups is 1. The molecule has 2 aromatic carbocycles. The lowest BCUT2D eigenvalue weighted by molar-refractivity contribution is 0.0600. The second-order valence-electron chi connectivity index (χ2n) is 4.10. The monoisotopic (exact) mass is 286 g/mol. The fourth-order valence-corrected chi connectivity index (χ4v) is 1.64. The summed E-state index contributed by atoms with van der Waals surface area (Å²) < 4.78 is 23.5. The molecular weight excluding hydrogens is 275 g/mol. The quantitative estimate of drug-likeness (QED) is 0.692. The molecule has 106 valence electrons. The first-order valence-electron chi connectivity index (χ1n) is 5.90. The van der Waals surface area contributed by atoms with Crippen LogP contribution < -0.4 is 10.5 Å². The number of hydrogen-bond donors (Lipinski definition) is 1. The topological polar surface area (TPSA) is 85.3 Å². The molecule has 2 rings (SSSR count). The van der Waals surface area contributed by atoms with Crippen molar-refractivity contribution >= 4 is 11.7 Å². The van der Waals surface area contributed by atoms with Crippen molar-refractivity contribution in [3.63, 3.8) is 0 Å². The average Bonchev–Trinajstić information content (AvgIpc) is 2.49. The minimum Gasteiger partial charge on any atom is -0.465 e. The molecule has 21 heavy (non-hydrogen) atoms. The van der Waals surface area contributed by atoms with Crippen LogP contribution in [0, 0.1) is 17.1 Å². The maximum absolute atomic E-state index is 13.5. The normalized spacial score (nSPS) is 9.76. The van der Waals surface area contributed by atoms with Crippen LogP contribution in [0.1, 0.15) is 15.9 Å². The molecule has 0 aliphatic carbocycles. The molecule has 2 N–H and O–H groups in total. The number of nitrogen functional groups attached to an aromatic ring is 1. The molecule has 0 spiro atoms. The molecule has 0 aliphatic rings. The lowest BCUT2D eigenvalue weighted by Gasteiger charge is -2.10. The summed E-state index contributed by atoms with van der Waals surface area (Å²) in [7, 11) is 1.26. The number of nitrogens with two attached hydrogens (primary N) is 1. The van der Waals surface area contributed by atoms with Gasteiger partial charge in [0.25, 0.3) is 0 Å². The van der Waals surface area contributed by atoms with E-state index in [1.807, 2.05) is 0 Å². The lowest BCUT2D eigenvalue weighted by Crippen LogP contribution is -2.02. The van der Waals surface area contributed by atoms with Gasteiger partial charge in [-0.05, 0) is 30.3 Å². The number of nitriles is 1. The predicted octanol–water partition coefficient (Wildman–Crippen LogP) is 2.86. The van der Waals surface area contributed by atoms with Crippen molar-refractivity contribution in [3.05, 3.63) is 53.3 Å². The molecule has 0 aromatic heterocycles. The molecule has 0 saturated carbocycles. The SMILES string of the molecule is COC(=O)c1ccc(N)c(Oc2ccc(C#N)c(F)c2)c1. The summed E-state index contributed by atoms with van der Waals surface area (Å²) in [6, 6.07) is 9.90. The number of ether oxygens (including phenoxy) is 2. The Morgan fingerprint density at radius 1 is 1.29 bits per heavy atom. The van der Waals surface area contributed by atoms with Gasteiger partial charge in [-0.15, -0.1) is 0 Å². The number of nitrogens with zero attached hydrogens (tertiary/aromatic N) is 1. The maximum atomic E-state index is 13.5. The summed E-state index contributed by atoms with van der Waals surface area (Å²) in [5, 5.41) is 8.67. The Labute approximate surface area is 120 Å². The number of halogens is 1. The number of esters is 1. The summed E-state index contributed by atoms with van der Waals surface area (Å²) in [6.07, 6.45) is 0. The van der Waals surface area contributed by atoms with E-state index in [1.165, 1.54) is 37.4 Å². The number of methoxy groups -OCH3 is 1. The van der Waals surface area contributed by atoms with Crippen LogP contribution in [0.4, 0.5) is 10.1 Å². The third-order valence-corrected chi connectivity index (χ3v) is 2.72. The minimum atomic E-state index is -0.697. The number of anilines is 1. The number of benzene rings is 2. The molecule has 0 bridgehead atoms. The van der Waals surface area contributed by atoms with Gasteiger partial charge in [-0.25, -0.2) is 9.18 Å². The first-order valence-corrected chi connectivity index (χ1v) is 5.90. The van der Waals surface area contributed by atoms with Gasteiger partial charge in [-0.1, -0.05) is 0 Å². The first-order chi connectivity index (χ1) is 10.0. The van der Waals surface area contributed by atoms with E-state index in [0.717, 1.165) is 6.07 Å². The van der Waals surface area contributed by atoms with E-state index in [4.69, 9.17) is 15.7 Å². The fraction of sp³-hybridized carbons (Fsp3) is 0.0667. The van der Waals surface area contributed by atoms with Crippen LogP contribution in [0.3, 0.4) is 0 Å². The Kier molecular flexibility index (Phi) is 4.05. The first kappa shape index (κ1) is 14.3. The summed E-state index contributed by atoms with van der Waals surface area (Å²) in [6.45, 7) is 0. The lowest BCUT2D eigenvalue weighted by atomic mass is 10.2. The molecule has 0 fully saturated rings. The van der Waals surface area contributed by atoms with Gasteiger partial charge in [-0.2, -0.15) is 5.26 Å². The Morgan fingerprint density at radius 2 is 2.05 bits per heavy atom. The molecule has 5 nitrogen and oxygen atoms in total. The smallest absolute Gasteiger partial charge is 0.337 e. The van der Waals surface area contributed by atoms with Crippen molar-refractivity contribution in [3.8, 4) is 17.6 Å². The standard InChI is InChI=1S/C15H11FN2O3/c1-20-15(19)9-3-5-13(18)14(6-9)21-11-4-2-10(8-17)12(16)7-11/h2-7H,18H2,1H3. The summed E-state index contributed by atoms with van der Waals surface area (Å²) in [4.78, 5) is 11.5. The Morgan fingerprint density at radius 3 is 2.67 bits per heavy atom. The molecule has 0 heterocycles. The van der Waals surface area contributed by atoms with Crippen molar-refractivity contribution in [1.29, 1.82) is 5.26 Å². The Bertz CT molecular complexity index is 738. The van der Waals surface area contributed by atoms with Crippen molar-refractivity contribution in [1.82, 2.24) is 0 Å². The maximum Gasteiger partial charge on any atom is 0.337 e. The zero-order valence-corrected chi connectivity index (χ0v) is 11.1. The molecule has 6 heteroatoms.